The Morgan fingerprint density at radius 2 is 1.79 bits per heavy atom. The molecular weight excluding hydrogens is 329 g/mol. The Morgan fingerprint density at radius 1 is 1.12 bits per heavy atom. The lowest BCUT2D eigenvalue weighted by molar-refractivity contribution is 0.134. The van der Waals surface area contributed by atoms with Gasteiger partial charge in [-0.25, -0.2) is 12.8 Å². The van der Waals surface area contributed by atoms with Crippen molar-refractivity contribution in [1.82, 2.24) is 4.31 Å². The zero-order valence-corrected chi connectivity index (χ0v) is 14.5. The second-order valence-corrected chi connectivity index (χ2v) is 7.75. The quantitative estimate of drug-likeness (QED) is 0.828. The van der Waals surface area contributed by atoms with Crippen molar-refractivity contribution < 1.29 is 17.5 Å². The van der Waals surface area contributed by atoms with Gasteiger partial charge in [-0.05, 0) is 47.9 Å². The molecule has 0 saturated heterocycles. The lowest BCUT2D eigenvalue weighted by Crippen LogP contribution is -2.33. The molecule has 0 aromatic heterocycles. The molecule has 0 radical (unpaired) electrons. The van der Waals surface area contributed by atoms with E-state index in [1.807, 2.05) is 13.0 Å². The maximum absolute atomic E-state index is 13.1. The number of nitrogens with zero attached hydrogens (tertiary/aromatic N) is 1. The van der Waals surface area contributed by atoms with Crippen molar-refractivity contribution in [3.63, 3.8) is 0 Å². The highest BCUT2D eigenvalue weighted by Gasteiger charge is 2.29. The van der Waals surface area contributed by atoms with Gasteiger partial charge in [0.15, 0.2) is 0 Å². The number of ether oxygens (including phenoxy) is 1. The van der Waals surface area contributed by atoms with Crippen LogP contribution in [-0.4, -0.2) is 19.3 Å². The highest BCUT2D eigenvalue weighted by molar-refractivity contribution is 7.89. The summed E-state index contributed by atoms with van der Waals surface area (Å²) in [5.74, 6) is -0.338. The minimum atomic E-state index is -3.65. The van der Waals surface area contributed by atoms with E-state index in [9.17, 15) is 12.8 Å². The standard InChI is InChI=1S/C18H20FNO3S/c1-3-20(13(2)14-4-7-17(19)8-5-14)24(21,22)18-9-6-15-11-23-12-16(15)10-18/h4-10,13H,3,11-12H2,1-2H3/t13-/m1/s1. The van der Waals surface area contributed by atoms with Crippen LogP contribution in [0, 0.1) is 5.82 Å². The summed E-state index contributed by atoms with van der Waals surface area (Å²) in [5.41, 5.74) is 2.71. The molecule has 0 unspecified atom stereocenters. The van der Waals surface area contributed by atoms with Gasteiger partial charge in [0.2, 0.25) is 10.0 Å². The highest BCUT2D eigenvalue weighted by atomic mass is 32.2. The third-order valence-corrected chi connectivity index (χ3v) is 6.44. The molecular formula is C18H20FNO3S. The van der Waals surface area contributed by atoms with Crippen LogP contribution >= 0.6 is 0 Å². The molecule has 128 valence electrons. The van der Waals surface area contributed by atoms with Gasteiger partial charge in [-0.3, -0.25) is 0 Å². The molecule has 0 spiro atoms. The number of hydrogen-bond donors (Lipinski definition) is 0. The maximum Gasteiger partial charge on any atom is 0.243 e. The van der Waals surface area contributed by atoms with Crippen molar-refractivity contribution in [2.45, 2.75) is 38.0 Å². The minimum Gasteiger partial charge on any atom is -0.372 e. The summed E-state index contributed by atoms with van der Waals surface area (Å²) in [4.78, 5) is 0.266. The monoisotopic (exact) mass is 349 g/mol. The number of sulfonamides is 1. The van der Waals surface area contributed by atoms with Crippen LogP contribution in [0.5, 0.6) is 0 Å². The number of benzene rings is 2. The van der Waals surface area contributed by atoms with Gasteiger partial charge in [0.05, 0.1) is 18.1 Å². The molecule has 1 aliphatic heterocycles. The second-order valence-electron chi connectivity index (χ2n) is 5.86. The van der Waals surface area contributed by atoms with Crippen LogP contribution in [0.4, 0.5) is 4.39 Å². The summed E-state index contributed by atoms with van der Waals surface area (Å²) >= 11 is 0. The van der Waals surface area contributed by atoms with E-state index in [-0.39, 0.29) is 16.8 Å². The number of halogens is 1. The lowest BCUT2D eigenvalue weighted by Gasteiger charge is -2.27. The van der Waals surface area contributed by atoms with E-state index in [2.05, 4.69) is 0 Å². The van der Waals surface area contributed by atoms with Crippen LogP contribution in [0.3, 0.4) is 0 Å². The average Bonchev–Trinajstić information content (AvgIpc) is 3.03. The number of fused-ring (bicyclic) bond motifs is 1. The fourth-order valence-corrected chi connectivity index (χ4v) is 4.68. The smallest absolute Gasteiger partial charge is 0.243 e. The molecule has 2 aromatic carbocycles. The molecule has 2 aromatic rings. The van der Waals surface area contributed by atoms with Gasteiger partial charge >= 0.3 is 0 Å². The van der Waals surface area contributed by atoms with Crippen molar-refractivity contribution >= 4 is 10.0 Å². The van der Waals surface area contributed by atoms with Gasteiger partial charge in [-0.1, -0.05) is 25.1 Å². The summed E-state index contributed by atoms with van der Waals surface area (Å²) in [6, 6.07) is 10.7. The average molecular weight is 349 g/mol. The fraction of sp³-hybridized carbons (Fsp3) is 0.333. The van der Waals surface area contributed by atoms with Gasteiger partial charge in [-0.2, -0.15) is 4.31 Å². The summed E-state index contributed by atoms with van der Waals surface area (Å²) in [5, 5.41) is 0. The summed E-state index contributed by atoms with van der Waals surface area (Å²) < 4.78 is 46.0. The predicted molar refractivity (Wildman–Crippen MR) is 89.3 cm³/mol. The first kappa shape index (κ1) is 17.1. The van der Waals surface area contributed by atoms with E-state index >= 15 is 0 Å². The highest BCUT2D eigenvalue weighted by Crippen LogP contribution is 2.30. The lowest BCUT2D eigenvalue weighted by atomic mass is 10.1. The van der Waals surface area contributed by atoms with E-state index in [4.69, 9.17) is 4.74 Å². The molecule has 0 aliphatic carbocycles. The van der Waals surface area contributed by atoms with Crippen molar-refractivity contribution in [3.8, 4) is 0 Å². The van der Waals surface area contributed by atoms with E-state index in [1.165, 1.54) is 16.4 Å². The summed E-state index contributed by atoms with van der Waals surface area (Å²) in [6.45, 7) is 4.91. The minimum absolute atomic E-state index is 0.266. The van der Waals surface area contributed by atoms with Crippen LogP contribution in [0.1, 0.15) is 36.6 Å². The molecule has 1 aliphatic rings. The van der Waals surface area contributed by atoms with Gasteiger partial charge in [0.25, 0.3) is 0 Å². The number of rotatable bonds is 5. The molecule has 0 amide bonds. The van der Waals surface area contributed by atoms with Gasteiger partial charge < -0.3 is 4.74 Å². The molecule has 1 atom stereocenters. The van der Waals surface area contributed by atoms with Crippen molar-refractivity contribution in [2.75, 3.05) is 6.54 Å². The molecule has 0 saturated carbocycles. The Kier molecular flexibility index (Phi) is 4.71. The van der Waals surface area contributed by atoms with Crippen molar-refractivity contribution in [3.05, 3.63) is 65.0 Å². The van der Waals surface area contributed by atoms with Gasteiger partial charge in [-0.15, -0.1) is 0 Å². The third kappa shape index (κ3) is 3.09. The Balaban J connectivity index is 1.95. The fourth-order valence-electron chi connectivity index (χ4n) is 3.00. The maximum atomic E-state index is 13.1. The van der Waals surface area contributed by atoms with Crippen molar-refractivity contribution in [2.24, 2.45) is 0 Å². The molecule has 24 heavy (non-hydrogen) atoms. The first-order valence-corrected chi connectivity index (χ1v) is 9.34. The molecule has 6 heteroatoms. The molecule has 0 bridgehead atoms. The van der Waals surface area contributed by atoms with Crippen LogP contribution in [0.25, 0.3) is 0 Å². The predicted octanol–water partition coefficient (Wildman–Crippen LogP) is 3.63. The number of hydrogen-bond acceptors (Lipinski definition) is 3. The summed E-state index contributed by atoms with van der Waals surface area (Å²) in [6.07, 6.45) is 0. The summed E-state index contributed by atoms with van der Waals surface area (Å²) in [7, 11) is -3.65. The zero-order chi connectivity index (χ0) is 17.3. The van der Waals surface area contributed by atoms with E-state index < -0.39 is 10.0 Å². The first-order valence-electron chi connectivity index (χ1n) is 7.90. The second kappa shape index (κ2) is 6.63. The zero-order valence-electron chi connectivity index (χ0n) is 13.7. The van der Waals surface area contributed by atoms with Crippen LogP contribution in [0.2, 0.25) is 0 Å². The Labute approximate surface area is 141 Å². The third-order valence-electron chi connectivity index (χ3n) is 4.40. The van der Waals surface area contributed by atoms with Gasteiger partial charge in [0.1, 0.15) is 5.82 Å². The Morgan fingerprint density at radius 3 is 2.46 bits per heavy atom. The molecule has 4 nitrogen and oxygen atoms in total. The van der Waals surface area contributed by atoms with E-state index in [1.54, 1.807) is 31.2 Å². The molecule has 0 N–H and O–H groups in total. The van der Waals surface area contributed by atoms with Crippen LogP contribution in [0.15, 0.2) is 47.4 Å². The molecule has 3 rings (SSSR count). The topological polar surface area (TPSA) is 46.6 Å². The van der Waals surface area contributed by atoms with Gasteiger partial charge in [0, 0.05) is 12.6 Å². The van der Waals surface area contributed by atoms with E-state index in [0.29, 0.717) is 19.8 Å². The Bertz CT molecular complexity index is 834. The van der Waals surface area contributed by atoms with Crippen LogP contribution < -0.4 is 0 Å². The molecule has 0 fully saturated rings. The van der Waals surface area contributed by atoms with E-state index in [0.717, 1.165) is 16.7 Å². The largest absolute Gasteiger partial charge is 0.372 e. The van der Waals surface area contributed by atoms with Crippen molar-refractivity contribution in [1.29, 1.82) is 0 Å². The Hall–Kier alpha value is -1.76. The molecule has 1 heterocycles. The normalized spacial score (nSPS) is 15.5. The SMILES string of the molecule is CCN([C@H](C)c1ccc(F)cc1)S(=O)(=O)c1ccc2c(c1)COC2. The van der Waals surface area contributed by atoms with Crippen LogP contribution in [-0.2, 0) is 28.0 Å². The first-order chi connectivity index (χ1) is 11.4.